The highest BCUT2D eigenvalue weighted by Crippen LogP contribution is 2.23. The number of nitrogens with one attached hydrogen (secondary N) is 2. The number of hydrogen-bond donors (Lipinski definition) is 2. The van der Waals surface area contributed by atoms with Crippen molar-refractivity contribution in [2.45, 2.75) is 19.8 Å². The van der Waals surface area contributed by atoms with Crippen LogP contribution in [0.5, 0.6) is 0 Å². The Morgan fingerprint density at radius 3 is 2.55 bits per heavy atom. The van der Waals surface area contributed by atoms with Crippen LogP contribution in [0.3, 0.4) is 0 Å². The number of amides is 1. The summed E-state index contributed by atoms with van der Waals surface area (Å²) in [5, 5.41) is 6.04. The van der Waals surface area contributed by atoms with Gasteiger partial charge in [0.05, 0.1) is 13.2 Å². The molecule has 1 aromatic rings. The molecule has 1 rings (SSSR count). The second kappa shape index (κ2) is 9.50. The molecule has 112 valence electrons. The van der Waals surface area contributed by atoms with Crippen molar-refractivity contribution in [3.63, 3.8) is 0 Å². The molecule has 0 bridgehead atoms. The summed E-state index contributed by atoms with van der Waals surface area (Å²) in [5.74, 6) is 0.862. The van der Waals surface area contributed by atoms with Crippen LogP contribution in [0.2, 0.25) is 0 Å². The van der Waals surface area contributed by atoms with Gasteiger partial charge in [0.1, 0.15) is 0 Å². The first kappa shape index (κ1) is 16.7. The molecule has 0 spiro atoms. The Bertz CT molecular complexity index is 379. The van der Waals surface area contributed by atoms with Crippen molar-refractivity contribution >= 4 is 5.91 Å². The quantitative estimate of drug-likeness (QED) is 0.677. The predicted molar refractivity (Wildman–Crippen MR) is 81.8 cm³/mol. The van der Waals surface area contributed by atoms with Crippen LogP contribution < -0.4 is 10.6 Å². The first-order valence-corrected chi connectivity index (χ1v) is 7.16. The molecule has 0 aliphatic rings. The predicted octanol–water partition coefficient (Wildman–Crippen LogP) is 1.78. The number of carbonyl (C=O) groups excluding carboxylic acids is 1. The number of hydrogen-bond acceptors (Lipinski definition) is 3. The lowest BCUT2D eigenvalue weighted by molar-refractivity contribution is -0.120. The molecule has 0 aliphatic carbocycles. The molecule has 0 fully saturated rings. The second-order valence-electron chi connectivity index (χ2n) is 5.23. The fourth-order valence-corrected chi connectivity index (χ4v) is 2.10. The second-order valence-corrected chi connectivity index (χ2v) is 5.23. The largest absolute Gasteiger partial charge is 0.383 e. The highest BCUT2D eigenvalue weighted by Gasteiger charge is 2.16. The van der Waals surface area contributed by atoms with E-state index in [2.05, 4.69) is 36.6 Å². The van der Waals surface area contributed by atoms with E-state index in [-0.39, 0.29) is 5.91 Å². The van der Waals surface area contributed by atoms with Gasteiger partial charge in [0.2, 0.25) is 5.91 Å². The molecule has 4 nitrogen and oxygen atoms in total. The molecular formula is C16H26N2O2. The molecule has 0 aromatic heterocycles. The molecule has 0 radical (unpaired) electrons. The first-order valence-electron chi connectivity index (χ1n) is 7.16. The minimum absolute atomic E-state index is 0.0303. The molecule has 2 N–H and O–H groups in total. The average molecular weight is 278 g/mol. The van der Waals surface area contributed by atoms with E-state index in [1.54, 1.807) is 7.11 Å². The SMILES string of the molecule is COCCNCC(=O)NCC(c1ccccc1)C(C)C. The summed E-state index contributed by atoms with van der Waals surface area (Å²) in [7, 11) is 1.65. The highest BCUT2D eigenvalue weighted by molar-refractivity contribution is 5.78. The summed E-state index contributed by atoms with van der Waals surface area (Å²) in [6.07, 6.45) is 0. The fourth-order valence-electron chi connectivity index (χ4n) is 2.10. The van der Waals surface area contributed by atoms with Crippen molar-refractivity contribution in [3.8, 4) is 0 Å². The van der Waals surface area contributed by atoms with Gasteiger partial charge in [-0.25, -0.2) is 0 Å². The van der Waals surface area contributed by atoms with Crippen molar-refractivity contribution in [1.29, 1.82) is 0 Å². The van der Waals surface area contributed by atoms with E-state index >= 15 is 0 Å². The maximum atomic E-state index is 11.8. The van der Waals surface area contributed by atoms with Gasteiger partial charge in [-0.15, -0.1) is 0 Å². The van der Waals surface area contributed by atoms with Crippen LogP contribution >= 0.6 is 0 Å². The standard InChI is InChI=1S/C16H26N2O2/c1-13(2)15(14-7-5-4-6-8-14)11-18-16(19)12-17-9-10-20-3/h4-8,13,15,17H,9-12H2,1-3H3,(H,18,19). The molecule has 1 aromatic carbocycles. The van der Waals surface area contributed by atoms with Crippen LogP contribution in [0, 0.1) is 5.92 Å². The van der Waals surface area contributed by atoms with E-state index in [9.17, 15) is 4.79 Å². The third-order valence-corrected chi connectivity index (χ3v) is 3.32. The molecular weight excluding hydrogens is 252 g/mol. The van der Waals surface area contributed by atoms with Gasteiger partial charge in [-0.2, -0.15) is 0 Å². The molecule has 4 heteroatoms. The minimum atomic E-state index is 0.0303. The van der Waals surface area contributed by atoms with Crippen molar-refractivity contribution in [2.75, 3.05) is 33.4 Å². The summed E-state index contributed by atoms with van der Waals surface area (Å²) < 4.78 is 4.92. The fraction of sp³-hybridized carbons (Fsp3) is 0.562. The van der Waals surface area contributed by atoms with Gasteiger partial charge >= 0.3 is 0 Å². The Morgan fingerprint density at radius 2 is 1.95 bits per heavy atom. The topological polar surface area (TPSA) is 50.4 Å². The zero-order chi connectivity index (χ0) is 14.8. The van der Waals surface area contributed by atoms with Crippen LogP contribution in [0.25, 0.3) is 0 Å². The monoisotopic (exact) mass is 278 g/mol. The van der Waals surface area contributed by atoms with E-state index in [1.165, 1.54) is 5.56 Å². The van der Waals surface area contributed by atoms with Crippen molar-refractivity contribution in [2.24, 2.45) is 5.92 Å². The minimum Gasteiger partial charge on any atom is -0.383 e. The van der Waals surface area contributed by atoms with Gasteiger partial charge in [-0.3, -0.25) is 4.79 Å². The maximum Gasteiger partial charge on any atom is 0.233 e. The lowest BCUT2D eigenvalue weighted by Gasteiger charge is -2.22. The maximum absolute atomic E-state index is 11.8. The van der Waals surface area contributed by atoms with Crippen molar-refractivity contribution < 1.29 is 9.53 Å². The van der Waals surface area contributed by atoms with E-state index in [0.29, 0.717) is 38.1 Å². The number of ether oxygens (including phenoxy) is 1. The van der Waals surface area contributed by atoms with Gasteiger partial charge in [0.15, 0.2) is 0 Å². The number of rotatable bonds is 9. The van der Waals surface area contributed by atoms with Crippen LogP contribution in [0.1, 0.15) is 25.3 Å². The van der Waals surface area contributed by atoms with Gasteiger partial charge < -0.3 is 15.4 Å². The lowest BCUT2D eigenvalue weighted by atomic mass is 9.88. The molecule has 1 amide bonds. The Labute approximate surface area is 121 Å². The Balaban J connectivity index is 2.38. The van der Waals surface area contributed by atoms with Gasteiger partial charge in [-0.1, -0.05) is 44.2 Å². The molecule has 1 atom stereocenters. The van der Waals surface area contributed by atoms with E-state index in [4.69, 9.17) is 4.74 Å². The Kier molecular flexibility index (Phi) is 7.92. The third kappa shape index (κ3) is 6.17. The average Bonchev–Trinajstić information content (AvgIpc) is 2.44. The molecule has 0 saturated carbocycles. The van der Waals surface area contributed by atoms with Gasteiger partial charge in [-0.05, 0) is 11.5 Å². The smallest absolute Gasteiger partial charge is 0.233 e. The lowest BCUT2D eigenvalue weighted by Crippen LogP contribution is -2.37. The number of benzene rings is 1. The highest BCUT2D eigenvalue weighted by atomic mass is 16.5. The van der Waals surface area contributed by atoms with E-state index < -0.39 is 0 Å². The van der Waals surface area contributed by atoms with Gasteiger partial charge in [0.25, 0.3) is 0 Å². The molecule has 1 unspecified atom stereocenters. The molecule has 0 saturated heterocycles. The van der Waals surface area contributed by atoms with Gasteiger partial charge in [0, 0.05) is 26.1 Å². The zero-order valence-corrected chi connectivity index (χ0v) is 12.7. The summed E-state index contributed by atoms with van der Waals surface area (Å²) in [5.41, 5.74) is 1.27. The van der Waals surface area contributed by atoms with Crippen LogP contribution in [0.15, 0.2) is 30.3 Å². The normalized spacial score (nSPS) is 12.4. The van der Waals surface area contributed by atoms with Crippen LogP contribution in [-0.4, -0.2) is 39.3 Å². The molecule has 0 heterocycles. The number of methoxy groups -OCH3 is 1. The Morgan fingerprint density at radius 1 is 1.25 bits per heavy atom. The van der Waals surface area contributed by atoms with E-state index in [1.807, 2.05) is 18.2 Å². The summed E-state index contributed by atoms with van der Waals surface area (Å²) in [4.78, 5) is 11.8. The van der Waals surface area contributed by atoms with Crippen LogP contribution in [-0.2, 0) is 9.53 Å². The molecule has 20 heavy (non-hydrogen) atoms. The van der Waals surface area contributed by atoms with E-state index in [0.717, 1.165) is 0 Å². The first-order chi connectivity index (χ1) is 9.65. The summed E-state index contributed by atoms with van der Waals surface area (Å²) in [6, 6.07) is 10.3. The summed E-state index contributed by atoms with van der Waals surface area (Å²) in [6.45, 7) is 6.68. The number of carbonyl (C=O) groups is 1. The third-order valence-electron chi connectivity index (χ3n) is 3.32. The van der Waals surface area contributed by atoms with Crippen molar-refractivity contribution in [3.05, 3.63) is 35.9 Å². The zero-order valence-electron chi connectivity index (χ0n) is 12.7. The van der Waals surface area contributed by atoms with Crippen molar-refractivity contribution in [1.82, 2.24) is 10.6 Å². The summed E-state index contributed by atoms with van der Waals surface area (Å²) >= 11 is 0. The molecule has 0 aliphatic heterocycles. The Hall–Kier alpha value is -1.39. The van der Waals surface area contributed by atoms with Crippen LogP contribution in [0.4, 0.5) is 0 Å².